The van der Waals surface area contributed by atoms with Gasteiger partial charge in [-0.1, -0.05) is 11.6 Å². The summed E-state index contributed by atoms with van der Waals surface area (Å²) in [6.07, 6.45) is -0.585. The molecule has 0 spiro atoms. The van der Waals surface area contributed by atoms with Gasteiger partial charge in [-0.05, 0) is 43.3 Å². The van der Waals surface area contributed by atoms with E-state index in [-0.39, 0.29) is 22.7 Å². The van der Waals surface area contributed by atoms with Crippen LogP contribution in [-0.4, -0.2) is 17.9 Å². The highest BCUT2D eigenvalue weighted by atomic mass is 35.5. The Hall–Kier alpha value is -3.32. The molecule has 136 valence electrons. The number of halogens is 1. The number of hydrogen-bond acceptors (Lipinski definition) is 5. The lowest BCUT2D eigenvalue weighted by Crippen LogP contribution is -2.34. The molecule has 0 unspecified atom stereocenters. The number of amides is 2. The number of rotatable bonds is 2. The van der Waals surface area contributed by atoms with Gasteiger partial charge in [-0.3, -0.25) is 14.4 Å². The molecular weight excluding hydrogens is 372 g/mol. The molecule has 3 aromatic rings. The summed E-state index contributed by atoms with van der Waals surface area (Å²) in [5.74, 6) is -0.499. The van der Waals surface area contributed by atoms with Crippen molar-refractivity contribution in [3.63, 3.8) is 0 Å². The Labute approximate surface area is 157 Å². The fourth-order valence-corrected chi connectivity index (χ4v) is 2.89. The van der Waals surface area contributed by atoms with Crippen molar-refractivity contribution in [2.75, 3.05) is 10.6 Å². The topological polar surface area (TPSA) is 97.6 Å². The van der Waals surface area contributed by atoms with E-state index in [1.807, 2.05) is 0 Å². The normalized spacial score (nSPS) is 15.6. The van der Waals surface area contributed by atoms with Crippen LogP contribution in [0.15, 0.2) is 51.7 Å². The van der Waals surface area contributed by atoms with Crippen LogP contribution in [0.25, 0.3) is 11.0 Å². The van der Waals surface area contributed by atoms with Crippen molar-refractivity contribution in [2.24, 2.45) is 0 Å². The van der Waals surface area contributed by atoms with E-state index in [0.717, 1.165) is 6.07 Å². The molecule has 0 saturated heterocycles. The second-order valence-corrected chi connectivity index (χ2v) is 6.47. The summed E-state index contributed by atoms with van der Waals surface area (Å²) >= 11 is 5.88. The molecule has 2 heterocycles. The first-order valence-corrected chi connectivity index (χ1v) is 8.45. The number of carbonyl (C=O) groups excluding carboxylic acids is 2. The molecule has 27 heavy (non-hydrogen) atoms. The summed E-state index contributed by atoms with van der Waals surface area (Å²) in [7, 11) is 0. The lowest BCUT2D eigenvalue weighted by molar-refractivity contribution is -0.122. The van der Waals surface area contributed by atoms with Gasteiger partial charge in [0.15, 0.2) is 17.3 Å². The fourth-order valence-electron chi connectivity index (χ4n) is 2.72. The van der Waals surface area contributed by atoms with Gasteiger partial charge in [0.25, 0.3) is 11.8 Å². The van der Waals surface area contributed by atoms with Crippen molar-refractivity contribution in [2.45, 2.75) is 13.0 Å². The first-order valence-electron chi connectivity index (χ1n) is 8.07. The Morgan fingerprint density at radius 1 is 1.15 bits per heavy atom. The Balaban J connectivity index is 1.62. The van der Waals surface area contributed by atoms with Gasteiger partial charge in [-0.2, -0.15) is 0 Å². The van der Waals surface area contributed by atoms with Gasteiger partial charge in [-0.25, -0.2) is 0 Å². The van der Waals surface area contributed by atoms with Crippen molar-refractivity contribution in [3.05, 3.63) is 63.5 Å². The highest BCUT2D eigenvalue weighted by Crippen LogP contribution is 2.32. The molecule has 0 saturated carbocycles. The van der Waals surface area contributed by atoms with Gasteiger partial charge in [-0.15, -0.1) is 0 Å². The van der Waals surface area contributed by atoms with Crippen LogP contribution in [0, 0.1) is 0 Å². The molecule has 2 N–H and O–H groups in total. The van der Waals surface area contributed by atoms with E-state index >= 15 is 0 Å². The summed E-state index contributed by atoms with van der Waals surface area (Å²) < 4.78 is 11.0. The fraction of sp³-hybridized carbons (Fsp3) is 0.105. The van der Waals surface area contributed by atoms with E-state index in [9.17, 15) is 14.4 Å². The Morgan fingerprint density at radius 2 is 1.96 bits per heavy atom. The van der Waals surface area contributed by atoms with Gasteiger partial charge in [0.1, 0.15) is 11.3 Å². The minimum absolute atomic E-state index is 0.138. The third kappa shape index (κ3) is 3.24. The van der Waals surface area contributed by atoms with Crippen molar-refractivity contribution in [1.82, 2.24) is 0 Å². The second-order valence-electron chi connectivity index (χ2n) is 6.03. The summed E-state index contributed by atoms with van der Waals surface area (Å²) in [4.78, 5) is 36.4. The molecule has 1 aromatic heterocycles. The Morgan fingerprint density at radius 3 is 2.78 bits per heavy atom. The summed E-state index contributed by atoms with van der Waals surface area (Å²) in [5.41, 5.74) is 0.752. The number of fused-ring (bicyclic) bond motifs is 2. The number of benzene rings is 2. The van der Waals surface area contributed by atoms with Crippen molar-refractivity contribution >= 4 is 45.8 Å². The minimum atomic E-state index is -0.597. The van der Waals surface area contributed by atoms with Crippen LogP contribution in [0.3, 0.4) is 0 Å². The largest absolute Gasteiger partial charge is 0.479 e. The van der Waals surface area contributed by atoms with Crippen LogP contribution >= 0.6 is 11.6 Å². The maximum Gasteiger partial charge on any atom is 0.291 e. The first kappa shape index (κ1) is 17.1. The Bertz CT molecular complexity index is 1150. The van der Waals surface area contributed by atoms with Crippen LogP contribution in [0.1, 0.15) is 17.5 Å². The zero-order valence-electron chi connectivity index (χ0n) is 14.0. The second kappa shape index (κ2) is 6.44. The molecule has 0 radical (unpaired) electrons. The van der Waals surface area contributed by atoms with Gasteiger partial charge >= 0.3 is 0 Å². The summed E-state index contributed by atoms with van der Waals surface area (Å²) in [5, 5.41) is 6.03. The number of hydrogen-bond donors (Lipinski definition) is 2. The lowest BCUT2D eigenvalue weighted by Gasteiger charge is -2.23. The summed E-state index contributed by atoms with van der Waals surface area (Å²) in [6.45, 7) is 1.64. The third-order valence-corrected chi connectivity index (χ3v) is 4.32. The monoisotopic (exact) mass is 384 g/mol. The van der Waals surface area contributed by atoms with E-state index in [1.54, 1.807) is 31.2 Å². The smallest absolute Gasteiger partial charge is 0.291 e. The van der Waals surface area contributed by atoms with Crippen LogP contribution in [0.5, 0.6) is 5.75 Å². The molecule has 1 atom stereocenters. The van der Waals surface area contributed by atoms with Crippen LogP contribution in [-0.2, 0) is 4.79 Å². The van der Waals surface area contributed by atoms with Gasteiger partial charge in [0.2, 0.25) is 0 Å². The van der Waals surface area contributed by atoms with E-state index in [1.165, 1.54) is 12.1 Å². The van der Waals surface area contributed by atoms with Gasteiger partial charge in [0, 0.05) is 16.8 Å². The maximum absolute atomic E-state index is 12.5. The highest BCUT2D eigenvalue weighted by Gasteiger charge is 2.24. The third-order valence-electron chi connectivity index (χ3n) is 4.08. The maximum atomic E-state index is 12.5. The van der Waals surface area contributed by atoms with E-state index < -0.39 is 12.0 Å². The van der Waals surface area contributed by atoms with E-state index in [2.05, 4.69) is 10.6 Å². The average Bonchev–Trinajstić information content (AvgIpc) is 2.63. The molecule has 0 aliphatic carbocycles. The van der Waals surface area contributed by atoms with Gasteiger partial charge < -0.3 is 19.8 Å². The quantitative estimate of drug-likeness (QED) is 0.705. The molecule has 0 fully saturated rings. The molecule has 1 aliphatic rings. The number of carbonyl (C=O) groups is 2. The zero-order valence-corrected chi connectivity index (χ0v) is 14.8. The SMILES string of the molecule is C[C@H]1Oc2ccc(NC(=O)c3cc(=O)c4cc(Cl)ccc4o3)cc2NC1=O. The summed E-state index contributed by atoms with van der Waals surface area (Å²) in [6, 6.07) is 10.5. The lowest BCUT2D eigenvalue weighted by atomic mass is 10.2. The minimum Gasteiger partial charge on any atom is -0.479 e. The predicted octanol–water partition coefficient (Wildman–Crippen LogP) is 3.42. The van der Waals surface area contributed by atoms with Crippen LogP contribution < -0.4 is 20.8 Å². The number of ether oxygens (including phenoxy) is 1. The molecular formula is C19H13ClN2O5. The number of nitrogens with one attached hydrogen (secondary N) is 2. The molecule has 7 nitrogen and oxygen atoms in total. The molecule has 4 rings (SSSR count). The van der Waals surface area contributed by atoms with Crippen molar-refractivity contribution in [3.8, 4) is 5.75 Å². The molecule has 0 bridgehead atoms. The highest BCUT2D eigenvalue weighted by molar-refractivity contribution is 6.31. The van der Waals surface area contributed by atoms with Crippen molar-refractivity contribution in [1.29, 1.82) is 0 Å². The van der Waals surface area contributed by atoms with E-state index in [0.29, 0.717) is 27.5 Å². The predicted molar refractivity (Wildman–Crippen MR) is 101 cm³/mol. The molecule has 2 aromatic carbocycles. The van der Waals surface area contributed by atoms with Crippen molar-refractivity contribution < 1.29 is 18.7 Å². The molecule has 1 aliphatic heterocycles. The molecule has 8 heteroatoms. The first-order chi connectivity index (χ1) is 12.9. The molecule has 2 amide bonds. The zero-order chi connectivity index (χ0) is 19.1. The van der Waals surface area contributed by atoms with Gasteiger partial charge in [0.05, 0.1) is 11.1 Å². The van der Waals surface area contributed by atoms with E-state index in [4.69, 9.17) is 20.8 Å². The van der Waals surface area contributed by atoms with Crippen LogP contribution in [0.2, 0.25) is 5.02 Å². The number of anilines is 2. The Kier molecular flexibility index (Phi) is 4.08. The average molecular weight is 385 g/mol. The standard InChI is InChI=1S/C19H13ClN2O5/c1-9-18(24)22-13-7-11(3-5-16(13)26-9)21-19(25)17-8-14(23)12-6-10(20)2-4-15(12)27-17/h2-9H,1H3,(H,21,25)(H,22,24)/t9-/m1/s1. The van der Waals surface area contributed by atoms with Crippen LogP contribution in [0.4, 0.5) is 11.4 Å².